The fourth-order valence-corrected chi connectivity index (χ4v) is 6.30. The van der Waals surface area contributed by atoms with Crippen LogP contribution in [0, 0.1) is 28.4 Å². The molecule has 0 bridgehead atoms. The molecule has 0 saturated carbocycles. The average Bonchev–Trinajstić information content (AvgIpc) is 3.44. The maximum Gasteiger partial charge on any atom is 0.289 e. The van der Waals surface area contributed by atoms with E-state index >= 15 is 8.78 Å². The number of anilines is 1. The minimum absolute atomic E-state index is 0.0345. The van der Waals surface area contributed by atoms with Crippen molar-refractivity contribution >= 4 is 30.8 Å². The van der Waals surface area contributed by atoms with Crippen molar-refractivity contribution in [1.82, 2.24) is 9.55 Å². The van der Waals surface area contributed by atoms with E-state index in [2.05, 4.69) is 54.9 Å². The van der Waals surface area contributed by atoms with E-state index in [1.165, 1.54) is 6.20 Å². The maximum absolute atomic E-state index is 15.6. The lowest BCUT2D eigenvalue weighted by molar-refractivity contribution is 0.0899. The van der Waals surface area contributed by atoms with E-state index in [-0.39, 0.29) is 35.7 Å². The van der Waals surface area contributed by atoms with Crippen LogP contribution in [0.3, 0.4) is 0 Å². The normalized spacial score (nSPS) is 14.3. The summed E-state index contributed by atoms with van der Waals surface area (Å²) < 4.78 is 56.7. The second-order valence-electron chi connectivity index (χ2n) is 14.0. The number of ether oxygens (including phenoxy) is 4. The number of fused-ring (bicyclic) bond motifs is 1. The maximum atomic E-state index is 15.6. The molecule has 1 N–H and O–H groups in total. The van der Waals surface area contributed by atoms with Gasteiger partial charge < -0.3 is 28.8 Å². The molecule has 5 rings (SSSR count). The summed E-state index contributed by atoms with van der Waals surface area (Å²) in [7, 11) is -1.32. The van der Waals surface area contributed by atoms with Crippen molar-refractivity contribution in [3.63, 3.8) is 0 Å². The fourth-order valence-electron chi connectivity index (χ4n) is 5.54. The molecule has 0 spiro atoms. The van der Waals surface area contributed by atoms with Gasteiger partial charge >= 0.3 is 0 Å². The number of nitriles is 1. The molecule has 1 aliphatic rings. The molecule has 260 valence electrons. The number of aliphatic imine (C=N–C) groups is 1. The molecule has 9 nitrogen and oxygen atoms in total. The van der Waals surface area contributed by atoms with Crippen molar-refractivity contribution in [3.8, 4) is 34.4 Å². The molecular weight excluding hydrogens is 645 g/mol. The fraction of sp³-hybridized carbons (Fsp3) is 0.432. The first kappa shape index (κ1) is 35.8. The second-order valence-corrected chi connectivity index (χ2v) is 19.6. The van der Waals surface area contributed by atoms with Gasteiger partial charge in [0.05, 0.1) is 30.2 Å². The standard InChI is InChI=1S/C37H45F2N5O4Si/c1-8-37(9-2)21-42-36(46-22-37)43-27-17-29(38)34(30(39)18-27)48-32-12-13-41-35-33(32)28(20-44(35)23-45-14-15-49(5,6)7)25-10-11-31(47-24(3)4)26(16-25)19-40/h10-13,16-18,20,24H,8-9,14-15,21-23H2,1-7H3,(H,42,43). The molecule has 0 fully saturated rings. The Morgan fingerprint density at radius 1 is 1.08 bits per heavy atom. The van der Waals surface area contributed by atoms with Crippen LogP contribution in [-0.4, -0.2) is 49.5 Å². The summed E-state index contributed by atoms with van der Waals surface area (Å²) in [5, 5.41) is 13.3. The summed E-state index contributed by atoms with van der Waals surface area (Å²) in [6.07, 6.45) is 5.11. The lowest BCUT2D eigenvalue weighted by atomic mass is 9.83. The van der Waals surface area contributed by atoms with Gasteiger partial charge in [0.15, 0.2) is 17.4 Å². The number of aromatic nitrogens is 2. The molecule has 2 aromatic heterocycles. The monoisotopic (exact) mass is 689 g/mol. The van der Waals surface area contributed by atoms with Gasteiger partial charge in [0.25, 0.3) is 6.02 Å². The minimum Gasteiger partial charge on any atom is -0.490 e. The van der Waals surface area contributed by atoms with E-state index in [1.807, 2.05) is 30.7 Å². The number of hydrogen-bond acceptors (Lipinski definition) is 8. The van der Waals surface area contributed by atoms with Crippen LogP contribution in [-0.2, 0) is 16.2 Å². The Morgan fingerprint density at radius 2 is 1.82 bits per heavy atom. The number of nitrogens with zero attached hydrogens (tertiary/aromatic N) is 4. The Balaban J connectivity index is 1.50. The van der Waals surface area contributed by atoms with Gasteiger partial charge in [-0.25, -0.2) is 18.8 Å². The summed E-state index contributed by atoms with van der Waals surface area (Å²) in [4.78, 5) is 9.08. The number of pyridine rings is 1. The lowest BCUT2D eigenvalue weighted by Gasteiger charge is -2.33. The third-order valence-electron chi connectivity index (χ3n) is 8.75. The van der Waals surface area contributed by atoms with Crippen molar-refractivity contribution in [2.24, 2.45) is 10.4 Å². The smallest absolute Gasteiger partial charge is 0.289 e. The number of amidine groups is 1. The first-order valence-electron chi connectivity index (χ1n) is 16.7. The highest BCUT2D eigenvalue weighted by Crippen LogP contribution is 2.41. The zero-order valence-electron chi connectivity index (χ0n) is 29.3. The number of benzene rings is 2. The molecule has 0 unspecified atom stereocenters. The van der Waals surface area contributed by atoms with Crippen LogP contribution >= 0.6 is 0 Å². The Morgan fingerprint density at radius 3 is 2.43 bits per heavy atom. The molecule has 2 aromatic carbocycles. The Labute approximate surface area is 287 Å². The third kappa shape index (κ3) is 8.40. The van der Waals surface area contributed by atoms with Crippen LogP contribution in [0.5, 0.6) is 17.2 Å². The predicted molar refractivity (Wildman–Crippen MR) is 191 cm³/mol. The Bertz CT molecular complexity index is 1850. The third-order valence-corrected chi connectivity index (χ3v) is 10.5. The minimum atomic E-state index is -1.32. The average molecular weight is 690 g/mol. The summed E-state index contributed by atoms with van der Waals surface area (Å²) >= 11 is 0. The molecule has 3 heterocycles. The van der Waals surface area contributed by atoms with Gasteiger partial charge in [-0.3, -0.25) is 0 Å². The van der Waals surface area contributed by atoms with E-state index in [4.69, 9.17) is 18.9 Å². The topological polar surface area (TPSA) is 103 Å². The molecule has 0 aliphatic carbocycles. The lowest BCUT2D eigenvalue weighted by Crippen LogP contribution is -2.37. The SMILES string of the molecule is CCC1(CC)CN=C(Nc2cc(F)c(Oc3ccnc4c3c(-c3ccc(OC(C)C)c(C#N)c3)cn4COCC[Si](C)(C)C)c(F)c2)OC1. The van der Waals surface area contributed by atoms with Gasteiger partial charge in [0, 0.05) is 55.9 Å². The van der Waals surface area contributed by atoms with Crippen LogP contribution < -0.4 is 14.8 Å². The Kier molecular flexibility index (Phi) is 10.9. The number of halogens is 2. The van der Waals surface area contributed by atoms with Crippen molar-refractivity contribution in [2.75, 3.05) is 25.1 Å². The molecule has 0 radical (unpaired) electrons. The van der Waals surface area contributed by atoms with Gasteiger partial charge in [0.2, 0.25) is 0 Å². The van der Waals surface area contributed by atoms with Crippen molar-refractivity contribution in [2.45, 2.75) is 79.1 Å². The van der Waals surface area contributed by atoms with Crippen molar-refractivity contribution < 1.29 is 27.7 Å². The molecule has 4 aromatic rings. The van der Waals surface area contributed by atoms with E-state index < -0.39 is 25.5 Å². The van der Waals surface area contributed by atoms with E-state index in [0.717, 1.165) is 31.0 Å². The largest absolute Gasteiger partial charge is 0.490 e. The van der Waals surface area contributed by atoms with Gasteiger partial charge in [-0.1, -0.05) is 39.6 Å². The molecule has 0 saturated heterocycles. The summed E-state index contributed by atoms with van der Waals surface area (Å²) in [5.41, 5.74) is 2.31. The number of nitrogens with one attached hydrogen (secondary N) is 1. The number of hydrogen-bond donors (Lipinski definition) is 1. The van der Waals surface area contributed by atoms with Crippen LogP contribution in [0.1, 0.15) is 46.1 Å². The van der Waals surface area contributed by atoms with Crippen molar-refractivity contribution in [1.29, 1.82) is 5.26 Å². The molecule has 49 heavy (non-hydrogen) atoms. The van der Waals surface area contributed by atoms with Crippen LogP contribution in [0.4, 0.5) is 14.5 Å². The van der Waals surface area contributed by atoms with E-state index in [9.17, 15) is 5.26 Å². The summed E-state index contributed by atoms with van der Waals surface area (Å²) in [6, 6.07) is 12.6. The first-order valence-corrected chi connectivity index (χ1v) is 20.4. The number of rotatable bonds is 13. The van der Waals surface area contributed by atoms with Crippen molar-refractivity contribution in [3.05, 3.63) is 66.0 Å². The van der Waals surface area contributed by atoms with E-state index in [1.54, 1.807) is 18.2 Å². The quantitative estimate of drug-likeness (QED) is 0.110. The highest BCUT2D eigenvalue weighted by atomic mass is 28.3. The molecule has 0 amide bonds. The van der Waals surface area contributed by atoms with E-state index in [0.29, 0.717) is 53.2 Å². The van der Waals surface area contributed by atoms with Crippen LogP contribution in [0.15, 0.2) is 53.8 Å². The molecule has 1 aliphatic heterocycles. The molecular formula is C37H45F2N5O4Si. The zero-order chi connectivity index (χ0) is 35.3. The van der Waals surface area contributed by atoms with Gasteiger partial charge in [-0.05, 0) is 56.5 Å². The predicted octanol–water partition coefficient (Wildman–Crippen LogP) is 9.35. The first-order chi connectivity index (χ1) is 23.3. The summed E-state index contributed by atoms with van der Waals surface area (Å²) in [6.45, 7) is 16.7. The van der Waals surface area contributed by atoms with Gasteiger partial charge in [-0.2, -0.15) is 5.26 Å². The molecule has 12 heteroatoms. The summed E-state index contributed by atoms with van der Waals surface area (Å²) in [5.74, 6) is -1.72. The van der Waals surface area contributed by atoms with Gasteiger partial charge in [0.1, 0.15) is 29.9 Å². The highest BCUT2D eigenvalue weighted by molar-refractivity contribution is 6.76. The molecule has 0 atom stereocenters. The highest BCUT2D eigenvalue weighted by Gasteiger charge is 2.31. The Hall–Kier alpha value is -4.47. The van der Waals surface area contributed by atoms with Crippen LogP contribution in [0.25, 0.3) is 22.2 Å². The zero-order valence-corrected chi connectivity index (χ0v) is 30.3. The van der Waals surface area contributed by atoms with Gasteiger partial charge in [-0.15, -0.1) is 0 Å². The second kappa shape index (κ2) is 15.0. The van der Waals surface area contributed by atoms with Crippen LogP contribution in [0.2, 0.25) is 25.7 Å².